The minimum absolute atomic E-state index is 0. The van der Waals surface area contributed by atoms with Crippen molar-refractivity contribution < 1.29 is 9.53 Å². The Kier molecular flexibility index (Phi) is 9.15. The van der Waals surface area contributed by atoms with Gasteiger partial charge in [0, 0.05) is 6.42 Å². The summed E-state index contributed by atoms with van der Waals surface area (Å²) in [5, 5.41) is 0. The molecule has 0 radical (unpaired) electrons. The summed E-state index contributed by atoms with van der Waals surface area (Å²) in [6.45, 7) is 4.94. The average molecular weight is 264 g/mol. The SMILES string of the molecule is C.CC(C)(CCCCCC=O)OCc1ccccc1. The number of hydrogen-bond donors (Lipinski definition) is 0. The van der Waals surface area contributed by atoms with Gasteiger partial charge in [-0.1, -0.05) is 50.6 Å². The van der Waals surface area contributed by atoms with Crippen LogP contribution in [0.5, 0.6) is 0 Å². The Hall–Kier alpha value is -1.15. The number of carbonyl (C=O) groups excluding carboxylic acids is 1. The highest BCUT2D eigenvalue weighted by molar-refractivity contribution is 5.48. The fraction of sp³-hybridized carbons (Fsp3) is 0.588. The van der Waals surface area contributed by atoms with Crippen molar-refractivity contribution in [3.63, 3.8) is 0 Å². The van der Waals surface area contributed by atoms with Crippen molar-refractivity contribution in [1.29, 1.82) is 0 Å². The molecule has 0 amide bonds. The van der Waals surface area contributed by atoms with Gasteiger partial charge in [-0.15, -0.1) is 0 Å². The molecule has 2 nitrogen and oxygen atoms in total. The molecule has 0 unspecified atom stereocenters. The molecule has 0 atom stereocenters. The highest BCUT2D eigenvalue weighted by Gasteiger charge is 2.17. The van der Waals surface area contributed by atoms with Gasteiger partial charge in [0.15, 0.2) is 0 Å². The van der Waals surface area contributed by atoms with Crippen LogP contribution in [0.3, 0.4) is 0 Å². The van der Waals surface area contributed by atoms with Crippen LogP contribution in [-0.2, 0) is 16.1 Å². The Labute approximate surface area is 118 Å². The second-order valence-electron chi connectivity index (χ2n) is 5.30. The van der Waals surface area contributed by atoms with E-state index in [1.54, 1.807) is 0 Å². The van der Waals surface area contributed by atoms with Gasteiger partial charge < -0.3 is 9.53 Å². The van der Waals surface area contributed by atoms with Gasteiger partial charge in [0.2, 0.25) is 0 Å². The smallest absolute Gasteiger partial charge is 0.119 e. The summed E-state index contributed by atoms with van der Waals surface area (Å²) in [7, 11) is 0. The van der Waals surface area contributed by atoms with Crippen molar-refractivity contribution in [3.05, 3.63) is 35.9 Å². The summed E-state index contributed by atoms with van der Waals surface area (Å²) in [5.74, 6) is 0. The fourth-order valence-corrected chi connectivity index (χ4v) is 1.88. The summed E-state index contributed by atoms with van der Waals surface area (Å²) < 4.78 is 5.95. The van der Waals surface area contributed by atoms with E-state index in [2.05, 4.69) is 26.0 Å². The average Bonchev–Trinajstić information content (AvgIpc) is 2.38. The number of carbonyl (C=O) groups is 1. The third-order valence-corrected chi connectivity index (χ3v) is 3.07. The molecule has 1 rings (SSSR count). The van der Waals surface area contributed by atoms with Crippen molar-refractivity contribution in [3.8, 4) is 0 Å². The predicted octanol–water partition coefficient (Wildman–Crippen LogP) is 4.77. The zero-order chi connectivity index (χ0) is 13.3. The molecule has 1 aromatic rings. The van der Waals surface area contributed by atoms with Gasteiger partial charge in [0.1, 0.15) is 6.29 Å². The molecule has 0 fully saturated rings. The first-order valence-electron chi connectivity index (χ1n) is 6.75. The number of hydrogen-bond acceptors (Lipinski definition) is 2. The van der Waals surface area contributed by atoms with E-state index in [1.165, 1.54) is 5.56 Å². The third kappa shape index (κ3) is 8.55. The number of aldehydes is 1. The van der Waals surface area contributed by atoms with Crippen molar-refractivity contribution in [2.24, 2.45) is 0 Å². The number of unbranched alkanes of at least 4 members (excludes halogenated alkanes) is 3. The van der Waals surface area contributed by atoms with E-state index in [1.807, 2.05) is 18.2 Å². The lowest BCUT2D eigenvalue weighted by molar-refractivity contribution is -0.107. The van der Waals surface area contributed by atoms with Crippen LogP contribution in [0.15, 0.2) is 30.3 Å². The van der Waals surface area contributed by atoms with Crippen LogP contribution >= 0.6 is 0 Å². The van der Waals surface area contributed by atoms with Gasteiger partial charge >= 0.3 is 0 Å². The second-order valence-corrected chi connectivity index (χ2v) is 5.30. The summed E-state index contributed by atoms with van der Waals surface area (Å²) in [6, 6.07) is 10.2. The van der Waals surface area contributed by atoms with Crippen molar-refractivity contribution in [2.75, 3.05) is 0 Å². The molecule has 0 aliphatic heterocycles. The van der Waals surface area contributed by atoms with Crippen LogP contribution in [0, 0.1) is 0 Å². The molecule has 0 saturated heterocycles. The first-order valence-corrected chi connectivity index (χ1v) is 6.75. The van der Waals surface area contributed by atoms with E-state index in [4.69, 9.17) is 4.74 Å². The molecule has 0 spiro atoms. The maximum absolute atomic E-state index is 10.2. The van der Waals surface area contributed by atoms with Gasteiger partial charge in [-0.05, 0) is 32.3 Å². The van der Waals surface area contributed by atoms with E-state index in [0.717, 1.165) is 32.0 Å². The highest BCUT2D eigenvalue weighted by Crippen LogP contribution is 2.20. The maximum Gasteiger partial charge on any atom is 0.119 e. The van der Waals surface area contributed by atoms with Gasteiger partial charge in [0.05, 0.1) is 12.2 Å². The third-order valence-electron chi connectivity index (χ3n) is 3.07. The number of benzene rings is 1. The molecular formula is C17H28O2. The van der Waals surface area contributed by atoms with Crippen LogP contribution in [0.25, 0.3) is 0 Å². The van der Waals surface area contributed by atoms with Crippen LogP contribution in [0.1, 0.15) is 58.9 Å². The summed E-state index contributed by atoms with van der Waals surface area (Å²) in [5.41, 5.74) is 1.13. The molecular weight excluding hydrogens is 236 g/mol. The van der Waals surface area contributed by atoms with E-state index in [-0.39, 0.29) is 13.0 Å². The van der Waals surface area contributed by atoms with Gasteiger partial charge in [-0.25, -0.2) is 0 Å². The van der Waals surface area contributed by atoms with Crippen molar-refractivity contribution >= 4 is 6.29 Å². The summed E-state index contributed by atoms with van der Waals surface area (Å²) in [6.07, 6.45) is 5.95. The standard InChI is InChI=1S/C16H24O2.CH4/c1-16(2,12-8-3-4-9-13-17)18-14-15-10-6-5-7-11-15;/h5-7,10-11,13H,3-4,8-9,12,14H2,1-2H3;1H4. The molecule has 0 heterocycles. The predicted molar refractivity (Wildman–Crippen MR) is 81.2 cm³/mol. The van der Waals surface area contributed by atoms with E-state index >= 15 is 0 Å². The van der Waals surface area contributed by atoms with E-state index in [0.29, 0.717) is 13.0 Å². The molecule has 19 heavy (non-hydrogen) atoms. The van der Waals surface area contributed by atoms with Crippen molar-refractivity contribution in [1.82, 2.24) is 0 Å². The molecule has 108 valence electrons. The van der Waals surface area contributed by atoms with Crippen LogP contribution in [0.2, 0.25) is 0 Å². The van der Waals surface area contributed by atoms with Gasteiger partial charge in [-0.3, -0.25) is 0 Å². The zero-order valence-electron chi connectivity index (χ0n) is 11.5. The van der Waals surface area contributed by atoms with Gasteiger partial charge in [0.25, 0.3) is 0 Å². The lowest BCUT2D eigenvalue weighted by atomic mass is 10.00. The molecule has 0 N–H and O–H groups in total. The molecule has 0 bridgehead atoms. The normalized spacial score (nSPS) is 10.8. The zero-order valence-corrected chi connectivity index (χ0v) is 11.5. The number of rotatable bonds is 9. The Morgan fingerprint density at radius 3 is 2.42 bits per heavy atom. The Morgan fingerprint density at radius 1 is 1.11 bits per heavy atom. The van der Waals surface area contributed by atoms with Crippen LogP contribution in [0.4, 0.5) is 0 Å². The quantitative estimate of drug-likeness (QED) is 0.474. The molecule has 0 aromatic heterocycles. The Bertz CT molecular complexity index is 330. The number of ether oxygens (including phenoxy) is 1. The molecule has 2 heteroatoms. The molecule has 0 saturated carbocycles. The topological polar surface area (TPSA) is 26.3 Å². The van der Waals surface area contributed by atoms with Crippen LogP contribution < -0.4 is 0 Å². The highest BCUT2D eigenvalue weighted by atomic mass is 16.5. The van der Waals surface area contributed by atoms with E-state index < -0.39 is 0 Å². The molecule has 0 aliphatic rings. The summed E-state index contributed by atoms with van der Waals surface area (Å²) >= 11 is 0. The minimum Gasteiger partial charge on any atom is -0.371 e. The second kappa shape index (κ2) is 9.74. The Morgan fingerprint density at radius 2 is 1.79 bits per heavy atom. The fourth-order valence-electron chi connectivity index (χ4n) is 1.88. The first kappa shape index (κ1) is 17.8. The van der Waals surface area contributed by atoms with Crippen LogP contribution in [-0.4, -0.2) is 11.9 Å². The van der Waals surface area contributed by atoms with E-state index in [9.17, 15) is 4.79 Å². The van der Waals surface area contributed by atoms with Gasteiger partial charge in [-0.2, -0.15) is 0 Å². The molecule has 1 aromatic carbocycles. The minimum atomic E-state index is -0.0863. The Balaban J connectivity index is 0.00000324. The molecule has 0 aliphatic carbocycles. The maximum atomic E-state index is 10.2. The largest absolute Gasteiger partial charge is 0.371 e. The monoisotopic (exact) mass is 264 g/mol. The lowest BCUT2D eigenvalue weighted by Gasteiger charge is -2.25. The van der Waals surface area contributed by atoms with Crippen molar-refractivity contribution in [2.45, 2.75) is 65.6 Å². The first-order chi connectivity index (χ1) is 8.64. The lowest BCUT2D eigenvalue weighted by Crippen LogP contribution is -2.24. The summed E-state index contributed by atoms with van der Waals surface area (Å²) in [4.78, 5) is 10.2.